The Bertz CT molecular complexity index is 1130. The minimum atomic E-state index is -0.662. The lowest BCUT2D eigenvalue weighted by Gasteiger charge is -2.09. The average Bonchev–Trinajstić information content (AvgIpc) is 3.10. The number of anilines is 2. The monoisotopic (exact) mass is 456 g/mol. The van der Waals surface area contributed by atoms with Gasteiger partial charge in [-0.15, -0.1) is 11.3 Å². The summed E-state index contributed by atoms with van der Waals surface area (Å²) in [5, 5.41) is 5.48. The highest BCUT2D eigenvalue weighted by Gasteiger charge is 2.27. The number of nitrogens with one attached hydrogen (secondary N) is 2. The van der Waals surface area contributed by atoms with Crippen LogP contribution in [0.5, 0.6) is 5.75 Å². The van der Waals surface area contributed by atoms with E-state index in [2.05, 4.69) is 10.6 Å². The van der Waals surface area contributed by atoms with Gasteiger partial charge in [-0.1, -0.05) is 30.3 Å². The van der Waals surface area contributed by atoms with Crippen LogP contribution in [0.4, 0.5) is 15.1 Å². The summed E-state index contributed by atoms with van der Waals surface area (Å²) in [4.78, 5) is 37.9. The number of thiophene rings is 1. The maximum Gasteiger partial charge on any atom is 0.341 e. The first kappa shape index (κ1) is 23.0. The molecule has 0 bridgehead atoms. The molecule has 7 nitrogen and oxygen atoms in total. The molecule has 2 amide bonds. The fraction of sp³-hybridized carbons (Fsp3) is 0.174. The van der Waals surface area contributed by atoms with Crippen molar-refractivity contribution < 1.29 is 28.2 Å². The third-order valence-electron chi connectivity index (χ3n) is 4.31. The average molecular weight is 456 g/mol. The van der Waals surface area contributed by atoms with Crippen LogP contribution in [0, 0.1) is 12.7 Å². The molecule has 3 aromatic rings. The van der Waals surface area contributed by atoms with Crippen molar-refractivity contribution in [3.8, 4) is 5.75 Å². The molecule has 2 aromatic carbocycles. The molecule has 0 aliphatic rings. The number of halogens is 1. The van der Waals surface area contributed by atoms with E-state index >= 15 is 0 Å². The third-order valence-corrected chi connectivity index (χ3v) is 5.52. The first-order valence-electron chi connectivity index (χ1n) is 9.74. The molecule has 0 saturated heterocycles. The molecule has 32 heavy (non-hydrogen) atoms. The van der Waals surface area contributed by atoms with Crippen molar-refractivity contribution in [2.24, 2.45) is 0 Å². The summed E-state index contributed by atoms with van der Waals surface area (Å²) >= 11 is 0.946. The SMILES string of the molecule is CCOC(=O)c1c(NC(=O)COc2ccccc2F)sc(C(=O)Nc2ccccc2)c1C. The molecule has 9 heteroatoms. The molecule has 0 radical (unpaired) electrons. The molecular formula is C23H21FN2O5S. The topological polar surface area (TPSA) is 93.7 Å². The van der Waals surface area contributed by atoms with Crippen LogP contribution in [0.15, 0.2) is 54.6 Å². The van der Waals surface area contributed by atoms with Gasteiger partial charge in [0.25, 0.3) is 11.8 Å². The van der Waals surface area contributed by atoms with Crippen LogP contribution in [0.3, 0.4) is 0 Å². The van der Waals surface area contributed by atoms with Gasteiger partial charge in [-0.2, -0.15) is 0 Å². The summed E-state index contributed by atoms with van der Waals surface area (Å²) in [7, 11) is 0. The lowest BCUT2D eigenvalue weighted by Crippen LogP contribution is -2.21. The van der Waals surface area contributed by atoms with Crippen LogP contribution < -0.4 is 15.4 Å². The van der Waals surface area contributed by atoms with Crippen molar-refractivity contribution in [2.75, 3.05) is 23.8 Å². The third kappa shape index (κ3) is 5.50. The zero-order chi connectivity index (χ0) is 23.1. The molecule has 166 valence electrons. The lowest BCUT2D eigenvalue weighted by molar-refractivity contribution is -0.118. The van der Waals surface area contributed by atoms with Crippen molar-refractivity contribution in [1.82, 2.24) is 0 Å². The summed E-state index contributed by atoms with van der Waals surface area (Å²) < 4.78 is 24.0. The molecule has 1 heterocycles. The Balaban J connectivity index is 1.81. The van der Waals surface area contributed by atoms with Gasteiger partial charge in [-0.25, -0.2) is 9.18 Å². The zero-order valence-electron chi connectivity index (χ0n) is 17.4. The largest absolute Gasteiger partial charge is 0.481 e. The molecule has 0 atom stereocenters. The Labute approximate surface area is 188 Å². The number of hydrogen-bond donors (Lipinski definition) is 2. The predicted molar refractivity (Wildman–Crippen MR) is 120 cm³/mol. The van der Waals surface area contributed by atoms with Crippen LogP contribution in [-0.4, -0.2) is 31.0 Å². The van der Waals surface area contributed by atoms with E-state index in [1.54, 1.807) is 44.2 Å². The number of hydrogen-bond acceptors (Lipinski definition) is 6. The van der Waals surface area contributed by atoms with Gasteiger partial charge in [0.05, 0.1) is 17.0 Å². The van der Waals surface area contributed by atoms with Crippen LogP contribution in [0.25, 0.3) is 0 Å². The molecule has 0 aliphatic heterocycles. The Kier molecular flexibility index (Phi) is 7.56. The fourth-order valence-corrected chi connectivity index (χ4v) is 3.95. The smallest absolute Gasteiger partial charge is 0.341 e. The van der Waals surface area contributed by atoms with E-state index in [1.165, 1.54) is 18.2 Å². The minimum absolute atomic E-state index is 0.0708. The van der Waals surface area contributed by atoms with Gasteiger partial charge in [0.1, 0.15) is 5.00 Å². The molecule has 0 spiro atoms. The number of para-hydroxylation sites is 2. The maximum atomic E-state index is 13.7. The van der Waals surface area contributed by atoms with Gasteiger partial charge in [-0.05, 0) is 43.7 Å². The highest BCUT2D eigenvalue weighted by atomic mass is 32.1. The molecule has 0 unspecified atom stereocenters. The zero-order valence-corrected chi connectivity index (χ0v) is 18.3. The fourth-order valence-electron chi connectivity index (χ4n) is 2.84. The van der Waals surface area contributed by atoms with Gasteiger partial charge in [0, 0.05) is 5.69 Å². The number of benzene rings is 2. The van der Waals surface area contributed by atoms with Gasteiger partial charge in [-0.3, -0.25) is 9.59 Å². The van der Waals surface area contributed by atoms with E-state index < -0.39 is 30.2 Å². The Morgan fingerprint density at radius 3 is 2.38 bits per heavy atom. The first-order valence-corrected chi connectivity index (χ1v) is 10.6. The molecule has 1 aromatic heterocycles. The summed E-state index contributed by atoms with van der Waals surface area (Å²) in [5.41, 5.74) is 1.06. The second-order valence-electron chi connectivity index (χ2n) is 6.57. The predicted octanol–water partition coefficient (Wildman–Crippen LogP) is 4.64. The maximum absolute atomic E-state index is 13.7. The Hall–Kier alpha value is -3.72. The van der Waals surface area contributed by atoms with E-state index in [4.69, 9.17) is 9.47 Å². The van der Waals surface area contributed by atoms with Gasteiger partial charge >= 0.3 is 5.97 Å². The van der Waals surface area contributed by atoms with Crippen molar-refractivity contribution in [3.63, 3.8) is 0 Å². The number of ether oxygens (including phenoxy) is 2. The summed E-state index contributed by atoms with van der Waals surface area (Å²) in [6, 6.07) is 14.5. The highest BCUT2D eigenvalue weighted by molar-refractivity contribution is 7.18. The summed E-state index contributed by atoms with van der Waals surface area (Å²) in [6.07, 6.45) is 0. The molecule has 0 saturated carbocycles. The van der Waals surface area contributed by atoms with Crippen LogP contribution in [-0.2, 0) is 9.53 Å². The molecule has 2 N–H and O–H groups in total. The second kappa shape index (κ2) is 10.5. The van der Waals surface area contributed by atoms with Crippen LogP contribution in [0.1, 0.15) is 32.5 Å². The standard InChI is InChI=1S/C23H21FN2O5S/c1-3-30-23(29)19-14(2)20(21(28)25-15-9-5-4-6-10-15)32-22(19)26-18(27)13-31-17-12-8-7-11-16(17)24/h4-12H,3,13H2,1-2H3,(H,25,28)(H,26,27). The van der Waals surface area contributed by atoms with E-state index in [0.29, 0.717) is 11.3 Å². The number of rotatable bonds is 8. The van der Waals surface area contributed by atoms with Crippen LogP contribution >= 0.6 is 11.3 Å². The number of carbonyl (C=O) groups is 3. The Morgan fingerprint density at radius 1 is 1.00 bits per heavy atom. The first-order chi connectivity index (χ1) is 15.4. The number of carbonyl (C=O) groups excluding carboxylic acids is 3. The van der Waals surface area contributed by atoms with E-state index in [-0.39, 0.29) is 27.8 Å². The van der Waals surface area contributed by atoms with E-state index in [0.717, 1.165) is 11.3 Å². The normalized spacial score (nSPS) is 10.3. The Morgan fingerprint density at radius 2 is 1.69 bits per heavy atom. The number of esters is 1. The highest BCUT2D eigenvalue weighted by Crippen LogP contribution is 2.34. The van der Waals surface area contributed by atoms with Gasteiger partial charge in [0.15, 0.2) is 18.2 Å². The summed E-state index contributed by atoms with van der Waals surface area (Å²) in [6.45, 7) is 2.91. The van der Waals surface area contributed by atoms with Crippen LogP contribution in [0.2, 0.25) is 0 Å². The van der Waals surface area contributed by atoms with Gasteiger partial charge in [0.2, 0.25) is 0 Å². The lowest BCUT2D eigenvalue weighted by atomic mass is 10.1. The quantitative estimate of drug-likeness (QED) is 0.482. The second-order valence-corrected chi connectivity index (χ2v) is 7.59. The minimum Gasteiger partial charge on any atom is -0.481 e. The van der Waals surface area contributed by atoms with Gasteiger partial charge < -0.3 is 20.1 Å². The van der Waals surface area contributed by atoms with Crippen molar-refractivity contribution in [1.29, 1.82) is 0 Å². The molecule has 0 fully saturated rings. The van der Waals surface area contributed by atoms with E-state index in [1.807, 2.05) is 6.07 Å². The molecular weight excluding hydrogens is 435 g/mol. The van der Waals surface area contributed by atoms with Crippen molar-refractivity contribution >= 4 is 39.8 Å². The molecule has 3 rings (SSSR count). The number of amides is 2. The van der Waals surface area contributed by atoms with Crippen molar-refractivity contribution in [2.45, 2.75) is 13.8 Å². The van der Waals surface area contributed by atoms with Crippen molar-refractivity contribution in [3.05, 3.63) is 76.4 Å². The summed E-state index contributed by atoms with van der Waals surface area (Å²) in [5.74, 6) is -2.37. The van der Waals surface area contributed by atoms with E-state index in [9.17, 15) is 18.8 Å². The molecule has 0 aliphatic carbocycles.